The Labute approximate surface area is 131 Å². The molecule has 0 saturated carbocycles. The van der Waals surface area contributed by atoms with Crippen LogP contribution in [0.5, 0.6) is 5.75 Å². The van der Waals surface area contributed by atoms with E-state index in [0.717, 1.165) is 19.4 Å². The van der Waals surface area contributed by atoms with Crippen LogP contribution in [0.2, 0.25) is 0 Å². The molecule has 6 nitrogen and oxygen atoms in total. The van der Waals surface area contributed by atoms with E-state index in [-0.39, 0.29) is 6.61 Å². The summed E-state index contributed by atoms with van der Waals surface area (Å²) in [5, 5.41) is 15.5. The molecule has 1 aromatic rings. The van der Waals surface area contributed by atoms with Gasteiger partial charge in [-0.2, -0.15) is 0 Å². The molecule has 0 saturated heterocycles. The van der Waals surface area contributed by atoms with Crippen molar-refractivity contribution in [3.05, 3.63) is 24.3 Å². The lowest BCUT2D eigenvalue weighted by Crippen LogP contribution is -2.31. The number of aliphatic hydroxyl groups is 1. The van der Waals surface area contributed by atoms with E-state index < -0.39 is 12.2 Å². The predicted octanol–water partition coefficient (Wildman–Crippen LogP) is 2.38. The van der Waals surface area contributed by atoms with Crippen LogP contribution < -0.4 is 15.4 Å². The molecular weight excluding hydrogens is 284 g/mol. The Morgan fingerprint density at radius 1 is 1.32 bits per heavy atom. The number of anilines is 1. The lowest BCUT2D eigenvalue weighted by molar-refractivity contribution is 0.107. The lowest BCUT2D eigenvalue weighted by Gasteiger charge is -2.15. The lowest BCUT2D eigenvalue weighted by atomic mass is 10.3. The largest absolute Gasteiger partial charge is 0.489 e. The highest BCUT2D eigenvalue weighted by Gasteiger charge is 2.10. The summed E-state index contributed by atoms with van der Waals surface area (Å²) in [6, 6.07) is 7.07. The third-order valence-corrected chi connectivity index (χ3v) is 2.92. The van der Waals surface area contributed by atoms with E-state index in [0.29, 0.717) is 24.6 Å². The van der Waals surface area contributed by atoms with E-state index in [1.54, 1.807) is 24.3 Å². The number of nitrogens with one attached hydrogen (secondary N) is 2. The maximum Gasteiger partial charge on any atom is 0.411 e. The Balaban J connectivity index is 2.49. The molecule has 0 aliphatic heterocycles. The Hall–Kier alpha value is -1.79. The van der Waals surface area contributed by atoms with Crippen molar-refractivity contribution in [1.29, 1.82) is 0 Å². The number of hydrogen-bond donors (Lipinski definition) is 3. The fourth-order valence-corrected chi connectivity index (χ4v) is 1.71. The van der Waals surface area contributed by atoms with Gasteiger partial charge in [0.05, 0.1) is 12.3 Å². The van der Waals surface area contributed by atoms with Crippen molar-refractivity contribution < 1.29 is 19.4 Å². The van der Waals surface area contributed by atoms with Gasteiger partial charge in [0, 0.05) is 6.54 Å². The van der Waals surface area contributed by atoms with Gasteiger partial charge in [-0.15, -0.1) is 0 Å². The van der Waals surface area contributed by atoms with Crippen LogP contribution in [0.4, 0.5) is 10.5 Å². The van der Waals surface area contributed by atoms with E-state index in [1.165, 1.54) is 0 Å². The molecule has 0 aromatic heterocycles. The molecule has 22 heavy (non-hydrogen) atoms. The molecule has 1 rings (SSSR count). The number of likely N-dealkylation sites (N-methyl/N-ethyl adjacent to an activating group) is 1. The number of aliphatic hydroxyl groups excluding tert-OH is 1. The molecule has 0 aliphatic rings. The number of benzene rings is 1. The third-order valence-electron chi connectivity index (χ3n) is 2.92. The first-order chi connectivity index (χ1) is 10.7. The van der Waals surface area contributed by atoms with Gasteiger partial charge in [0.1, 0.15) is 18.5 Å². The van der Waals surface area contributed by atoms with E-state index in [2.05, 4.69) is 10.6 Å². The van der Waals surface area contributed by atoms with Crippen molar-refractivity contribution in [2.45, 2.75) is 32.8 Å². The normalized spacial score (nSPS) is 11.8. The van der Waals surface area contributed by atoms with Crippen LogP contribution in [0.3, 0.4) is 0 Å². The second-order valence-electron chi connectivity index (χ2n) is 4.88. The first kappa shape index (κ1) is 18.3. The molecule has 0 aliphatic carbocycles. The van der Waals surface area contributed by atoms with Crippen LogP contribution >= 0.6 is 0 Å². The van der Waals surface area contributed by atoms with Gasteiger partial charge in [0.2, 0.25) is 0 Å². The minimum absolute atomic E-state index is 0.149. The zero-order chi connectivity index (χ0) is 16.2. The highest BCUT2D eigenvalue weighted by molar-refractivity contribution is 5.86. The van der Waals surface area contributed by atoms with Crippen LogP contribution in [-0.2, 0) is 4.74 Å². The number of carbonyl (C=O) groups excluding carboxylic acids is 1. The molecule has 1 atom stereocenters. The predicted molar refractivity (Wildman–Crippen MR) is 86.4 cm³/mol. The molecule has 1 unspecified atom stereocenters. The second-order valence-corrected chi connectivity index (χ2v) is 4.88. The Morgan fingerprint density at radius 3 is 2.82 bits per heavy atom. The van der Waals surface area contributed by atoms with Gasteiger partial charge in [-0.25, -0.2) is 4.79 Å². The quantitative estimate of drug-likeness (QED) is 0.578. The number of amides is 1. The van der Waals surface area contributed by atoms with Crippen molar-refractivity contribution in [3.8, 4) is 5.75 Å². The second kappa shape index (κ2) is 10.9. The van der Waals surface area contributed by atoms with Crippen molar-refractivity contribution in [3.63, 3.8) is 0 Å². The average Bonchev–Trinajstić information content (AvgIpc) is 2.52. The van der Waals surface area contributed by atoms with Crippen molar-refractivity contribution >= 4 is 11.8 Å². The molecule has 0 heterocycles. The number of ether oxygens (including phenoxy) is 2. The first-order valence-corrected chi connectivity index (χ1v) is 7.71. The fourth-order valence-electron chi connectivity index (χ4n) is 1.71. The van der Waals surface area contributed by atoms with Gasteiger partial charge in [-0.05, 0) is 25.1 Å². The fraction of sp³-hybridized carbons (Fsp3) is 0.562. The summed E-state index contributed by atoms with van der Waals surface area (Å²) in [7, 11) is 0. The molecular formula is C16H26N2O4. The Bertz CT molecular complexity index is 440. The SMILES string of the molecule is CCCCOC(=O)Nc1ccccc1OCC(O)CNCC. The van der Waals surface area contributed by atoms with Crippen LogP contribution in [0.1, 0.15) is 26.7 Å². The van der Waals surface area contributed by atoms with Gasteiger partial charge >= 0.3 is 6.09 Å². The molecule has 124 valence electrons. The molecule has 0 fully saturated rings. The molecule has 0 radical (unpaired) electrons. The van der Waals surface area contributed by atoms with Crippen molar-refractivity contribution in [2.24, 2.45) is 0 Å². The number of rotatable bonds is 10. The molecule has 3 N–H and O–H groups in total. The third kappa shape index (κ3) is 7.28. The molecule has 1 aromatic carbocycles. The topological polar surface area (TPSA) is 79.8 Å². The van der Waals surface area contributed by atoms with Gasteiger partial charge in [0.15, 0.2) is 0 Å². The summed E-state index contributed by atoms with van der Waals surface area (Å²) >= 11 is 0. The molecule has 0 spiro atoms. The van der Waals surface area contributed by atoms with E-state index in [1.807, 2.05) is 13.8 Å². The summed E-state index contributed by atoms with van der Waals surface area (Å²) in [6.45, 7) is 5.80. The molecule has 1 amide bonds. The summed E-state index contributed by atoms with van der Waals surface area (Å²) in [5.74, 6) is 0.505. The van der Waals surface area contributed by atoms with E-state index in [4.69, 9.17) is 9.47 Å². The van der Waals surface area contributed by atoms with Gasteiger partial charge < -0.3 is 19.9 Å². The van der Waals surface area contributed by atoms with E-state index in [9.17, 15) is 9.90 Å². The number of unbranched alkanes of at least 4 members (excludes halogenated alkanes) is 1. The standard InChI is InChI=1S/C16H26N2O4/c1-3-5-10-21-16(20)18-14-8-6-7-9-15(14)22-12-13(19)11-17-4-2/h6-9,13,17,19H,3-5,10-12H2,1-2H3,(H,18,20). The smallest absolute Gasteiger partial charge is 0.411 e. The monoisotopic (exact) mass is 310 g/mol. The van der Waals surface area contributed by atoms with Crippen LogP contribution in [-0.4, -0.2) is 43.6 Å². The number of para-hydroxylation sites is 2. The van der Waals surface area contributed by atoms with Crippen LogP contribution in [0.25, 0.3) is 0 Å². The van der Waals surface area contributed by atoms with Crippen LogP contribution in [0, 0.1) is 0 Å². The summed E-state index contributed by atoms with van der Waals surface area (Å²) in [5.41, 5.74) is 0.527. The minimum atomic E-state index is -0.607. The maximum absolute atomic E-state index is 11.7. The van der Waals surface area contributed by atoms with Gasteiger partial charge in [-0.3, -0.25) is 5.32 Å². The van der Waals surface area contributed by atoms with Crippen molar-refractivity contribution in [1.82, 2.24) is 5.32 Å². The van der Waals surface area contributed by atoms with E-state index >= 15 is 0 Å². The first-order valence-electron chi connectivity index (χ1n) is 7.71. The van der Waals surface area contributed by atoms with Crippen LogP contribution in [0.15, 0.2) is 24.3 Å². The number of carbonyl (C=O) groups is 1. The van der Waals surface area contributed by atoms with Crippen molar-refractivity contribution in [2.75, 3.05) is 31.6 Å². The summed E-state index contributed by atoms with van der Waals surface area (Å²) < 4.78 is 10.6. The average molecular weight is 310 g/mol. The number of hydrogen-bond acceptors (Lipinski definition) is 5. The summed E-state index contributed by atoms with van der Waals surface area (Å²) in [4.78, 5) is 11.7. The highest BCUT2D eigenvalue weighted by atomic mass is 16.5. The minimum Gasteiger partial charge on any atom is -0.489 e. The maximum atomic E-state index is 11.7. The molecule has 6 heteroatoms. The van der Waals surface area contributed by atoms with Gasteiger partial charge in [-0.1, -0.05) is 32.4 Å². The zero-order valence-corrected chi connectivity index (χ0v) is 13.3. The zero-order valence-electron chi connectivity index (χ0n) is 13.3. The van der Waals surface area contributed by atoms with Gasteiger partial charge in [0.25, 0.3) is 0 Å². The molecule has 0 bridgehead atoms. The Kier molecular flexibility index (Phi) is 9.02. The Morgan fingerprint density at radius 2 is 2.09 bits per heavy atom. The summed E-state index contributed by atoms with van der Waals surface area (Å²) in [6.07, 6.45) is 0.695. The highest BCUT2D eigenvalue weighted by Crippen LogP contribution is 2.24.